The second-order valence-electron chi connectivity index (χ2n) is 7.51. The zero-order valence-electron chi connectivity index (χ0n) is 17.2. The van der Waals surface area contributed by atoms with Gasteiger partial charge in [0.15, 0.2) is 5.76 Å². The molecular weight excluding hydrogens is 439 g/mol. The van der Waals surface area contributed by atoms with E-state index in [-0.39, 0.29) is 12.0 Å². The number of fused-ring (bicyclic) bond motifs is 1. The van der Waals surface area contributed by atoms with Gasteiger partial charge in [-0.2, -0.15) is 0 Å². The van der Waals surface area contributed by atoms with Crippen LogP contribution in [0.25, 0.3) is 11.0 Å². The Morgan fingerprint density at radius 3 is 2.61 bits per heavy atom. The summed E-state index contributed by atoms with van der Waals surface area (Å²) in [5.74, 6) is 1.56. The molecule has 31 heavy (non-hydrogen) atoms. The maximum Gasteiger partial charge on any atom is 0.287 e. The molecule has 1 amide bonds. The smallest absolute Gasteiger partial charge is 0.287 e. The molecule has 2 aromatic carbocycles. The highest BCUT2D eigenvalue weighted by molar-refractivity contribution is 6.42. The molecule has 1 N–H and O–H groups in total. The van der Waals surface area contributed by atoms with Crippen LogP contribution in [0.2, 0.25) is 10.0 Å². The molecule has 1 saturated heterocycles. The van der Waals surface area contributed by atoms with Gasteiger partial charge in [-0.3, -0.25) is 4.79 Å². The molecule has 0 unspecified atom stereocenters. The second kappa shape index (κ2) is 9.81. The lowest BCUT2D eigenvalue weighted by atomic mass is 10.1. The number of rotatable bonds is 7. The van der Waals surface area contributed by atoms with Crippen LogP contribution in [0.3, 0.4) is 0 Å². The molecule has 0 atom stereocenters. The van der Waals surface area contributed by atoms with Crippen molar-refractivity contribution >= 4 is 40.1 Å². The minimum absolute atomic E-state index is 0.149. The number of amides is 1. The number of hydrogen-bond donors (Lipinski definition) is 1. The Labute approximate surface area is 191 Å². The Morgan fingerprint density at radius 1 is 1.10 bits per heavy atom. The number of hydrogen-bond acceptors (Lipinski definition) is 5. The fourth-order valence-corrected chi connectivity index (χ4v) is 3.96. The van der Waals surface area contributed by atoms with Gasteiger partial charge in [-0.25, -0.2) is 0 Å². The highest BCUT2D eigenvalue weighted by Crippen LogP contribution is 2.28. The summed E-state index contributed by atoms with van der Waals surface area (Å²) in [4.78, 5) is 14.7. The third-order valence-corrected chi connectivity index (χ3v) is 6.13. The van der Waals surface area contributed by atoms with Crippen LogP contribution in [0.1, 0.15) is 23.4 Å². The molecule has 0 saturated carbocycles. The van der Waals surface area contributed by atoms with E-state index in [1.807, 2.05) is 18.2 Å². The minimum Gasteiger partial charge on any atom is -0.497 e. The summed E-state index contributed by atoms with van der Waals surface area (Å²) < 4.78 is 16.9. The van der Waals surface area contributed by atoms with E-state index in [0.29, 0.717) is 27.9 Å². The zero-order valence-corrected chi connectivity index (χ0v) is 18.7. The SMILES string of the molecule is COc1ccc2oc(C(=O)NCCN3CCC(Oc4ccc(Cl)c(Cl)c4)CC3)cc2c1. The van der Waals surface area contributed by atoms with E-state index in [1.54, 1.807) is 31.4 Å². The average molecular weight is 463 g/mol. The van der Waals surface area contributed by atoms with Gasteiger partial charge in [0.2, 0.25) is 0 Å². The van der Waals surface area contributed by atoms with Gasteiger partial charge in [-0.1, -0.05) is 23.2 Å². The predicted molar refractivity (Wildman–Crippen MR) is 122 cm³/mol. The molecular formula is C23H24Cl2N2O4. The van der Waals surface area contributed by atoms with Crippen molar-refractivity contribution in [3.63, 3.8) is 0 Å². The van der Waals surface area contributed by atoms with E-state index < -0.39 is 0 Å². The van der Waals surface area contributed by atoms with Crippen LogP contribution in [0, 0.1) is 0 Å². The molecule has 0 aliphatic carbocycles. The lowest BCUT2D eigenvalue weighted by Gasteiger charge is -2.32. The molecule has 0 bridgehead atoms. The largest absolute Gasteiger partial charge is 0.497 e. The summed E-state index contributed by atoms with van der Waals surface area (Å²) in [6.07, 6.45) is 1.98. The Balaban J connectivity index is 1.21. The van der Waals surface area contributed by atoms with Crippen molar-refractivity contribution in [3.05, 3.63) is 58.3 Å². The summed E-state index contributed by atoms with van der Waals surface area (Å²) in [6, 6.07) is 12.5. The molecule has 8 heteroatoms. The number of carbonyl (C=O) groups is 1. The first-order chi connectivity index (χ1) is 15.0. The van der Waals surface area contributed by atoms with Crippen molar-refractivity contribution in [2.45, 2.75) is 18.9 Å². The van der Waals surface area contributed by atoms with Gasteiger partial charge in [0.25, 0.3) is 5.91 Å². The van der Waals surface area contributed by atoms with Crippen LogP contribution in [-0.4, -0.2) is 50.2 Å². The van der Waals surface area contributed by atoms with E-state index in [0.717, 1.165) is 49.4 Å². The fourth-order valence-electron chi connectivity index (χ4n) is 3.67. The van der Waals surface area contributed by atoms with Crippen molar-refractivity contribution < 1.29 is 18.7 Å². The molecule has 1 aliphatic heterocycles. The monoisotopic (exact) mass is 462 g/mol. The molecule has 1 aliphatic rings. The lowest BCUT2D eigenvalue weighted by molar-refractivity contribution is 0.0886. The first-order valence-electron chi connectivity index (χ1n) is 10.2. The summed E-state index contributed by atoms with van der Waals surface area (Å²) in [6.45, 7) is 3.15. The summed E-state index contributed by atoms with van der Waals surface area (Å²) in [7, 11) is 1.61. The average Bonchev–Trinajstić information content (AvgIpc) is 3.21. The second-order valence-corrected chi connectivity index (χ2v) is 8.32. The van der Waals surface area contributed by atoms with Gasteiger partial charge in [-0.05, 0) is 49.2 Å². The van der Waals surface area contributed by atoms with Crippen LogP contribution in [0.4, 0.5) is 0 Å². The molecule has 1 fully saturated rings. The number of furan rings is 1. The molecule has 6 nitrogen and oxygen atoms in total. The third-order valence-electron chi connectivity index (χ3n) is 5.39. The van der Waals surface area contributed by atoms with E-state index >= 15 is 0 Å². The first-order valence-corrected chi connectivity index (χ1v) is 11.0. The van der Waals surface area contributed by atoms with E-state index in [1.165, 1.54) is 0 Å². The van der Waals surface area contributed by atoms with E-state index in [4.69, 9.17) is 37.1 Å². The van der Waals surface area contributed by atoms with Crippen molar-refractivity contribution in [1.29, 1.82) is 0 Å². The third kappa shape index (κ3) is 5.45. The Kier molecular flexibility index (Phi) is 6.90. The number of nitrogens with zero attached hydrogens (tertiary/aromatic N) is 1. The molecule has 2 heterocycles. The molecule has 164 valence electrons. The number of carbonyl (C=O) groups excluding carboxylic acids is 1. The number of nitrogens with one attached hydrogen (secondary N) is 1. The quantitative estimate of drug-likeness (QED) is 0.533. The molecule has 0 radical (unpaired) electrons. The van der Waals surface area contributed by atoms with Gasteiger partial charge < -0.3 is 24.1 Å². The van der Waals surface area contributed by atoms with E-state index in [2.05, 4.69) is 10.2 Å². The standard InChI is InChI=1S/C23H24Cl2N2O4/c1-29-17-3-5-21-15(12-17)13-22(31-21)23(28)26-8-11-27-9-6-16(7-10-27)30-18-2-4-19(24)20(25)14-18/h2-5,12-14,16H,6-11H2,1H3,(H,26,28). The number of halogens is 2. The molecule has 1 aromatic heterocycles. The topological polar surface area (TPSA) is 63.9 Å². The van der Waals surface area contributed by atoms with Crippen LogP contribution in [-0.2, 0) is 0 Å². The van der Waals surface area contributed by atoms with Crippen LogP contribution in [0.5, 0.6) is 11.5 Å². The van der Waals surface area contributed by atoms with Crippen molar-refractivity contribution in [3.8, 4) is 11.5 Å². The number of benzene rings is 2. The number of likely N-dealkylation sites (tertiary alicyclic amines) is 1. The van der Waals surface area contributed by atoms with Crippen molar-refractivity contribution in [1.82, 2.24) is 10.2 Å². The Hall–Kier alpha value is -2.41. The summed E-state index contributed by atoms with van der Waals surface area (Å²) in [5, 5.41) is 4.79. The maximum atomic E-state index is 12.4. The Morgan fingerprint density at radius 2 is 1.87 bits per heavy atom. The molecule has 0 spiro atoms. The summed E-state index contributed by atoms with van der Waals surface area (Å²) >= 11 is 12.0. The number of methoxy groups -OCH3 is 1. The van der Waals surface area contributed by atoms with Crippen molar-refractivity contribution in [2.24, 2.45) is 0 Å². The predicted octanol–water partition coefficient (Wildman–Crippen LogP) is 5.02. The lowest BCUT2D eigenvalue weighted by Crippen LogP contribution is -2.42. The van der Waals surface area contributed by atoms with Gasteiger partial charge in [0, 0.05) is 37.6 Å². The van der Waals surface area contributed by atoms with E-state index in [9.17, 15) is 4.79 Å². The maximum absolute atomic E-state index is 12.4. The van der Waals surface area contributed by atoms with Gasteiger partial charge in [0.1, 0.15) is 23.2 Å². The van der Waals surface area contributed by atoms with Crippen molar-refractivity contribution in [2.75, 3.05) is 33.3 Å². The van der Waals surface area contributed by atoms with Crippen LogP contribution < -0.4 is 14.8 Å². The fraction of sp³-hybridized carbons (Fsp3) is 0.348. The van der Waals surface area contributed by atoms with Gasteiger partial charge >= 0.3 is 0 Å². The highest BCUT2D eigenvalue weighted by Gasteiger charge is 2.21. The van der Waals surface area contributed by atoms with Crippen LogP contribution >= 0.6 is 23.2 Å². The summed E-state index contributed by atoms with van der Waals surface area (Å²) in [5.41, 5.74) is 0.662. The number of piperidine rings is 1. The van der Waals surface area contributed by atoms with Crippen LogP contribution in [0.15, 0.2) is 46.9 Å². The highest BCUT2D eigenvalue weighted by atomic mass is 35.5. The normalized spacial score (nSPS) is 15.2. The van der Waals surface area contributed by atoms with Gasteiger partial charge in [0.05, 0.1) is 17.2 Å². The first kappa shape index (κ1) is 21.8. The minimum atomic E-state index is -0.215. The molecule has 3 aromatic rings. The number of ether oxygens (including phenoxy) is 2. The van der Waals surface area contributed by atoms with Gasteiger partial charge in [-0.15, -0.1) is 0 Å². The Bertz CT molecular complexity index is 1060. The molecule has 4 rings (SSSR count). The zero-order chi connectivity index (χ0) is 21.8.